The minimum absolute atomic E-state index is 0.00376. The van der Waals surface area contributed by atoms with Crippen LogP contribution in [0.15, 0.2) is 48.7 Å². The van der Waals surface area contributed by atoms with E-state index in [0.29, 0.717) is 59.4 Å². The lowest BCUT2D eigenvalue weighted by molar-refractivity contribution is 0.0526. The van der Waals surface area contributed by atoms with E-state index in [1.54, 1.807) is 48.0 Å². The molecule has 1 N–H and O–H groups in total. The van der Waals surface area contributed by atoms with E-state index < -0.39 is 5.97 Å². The fraction of sp³-hybridized carbons (Fsp3) is 0.500. The predicted molar refractivity (Wildman–Crippen MR) is 180 cm³/mol. The highest BCUT2D eigenvalue weighted by molar-refractivity contribution is 6.07. The van der Waals surface area contributed by atoms with E-state index in [1.165, 1.54) is 19.3 Å². The Morgan fingerprint density at radius 2 is 1.62 bits per heavy atom. The molecule has 1 saturated heterocycles. The molecule has 0 saturated carbocycles. The number of aromatic nitrogens is 2. The van der Waals surface area contributed by atoms with Crippen molar-refractivity contribution in [2.75, 3.05) is 44.6 Å². The van der Waals surface area contributed by atoms with Crippen molar-refractivity contribution in [2.45, 2.75) is 66.7 Å². The van der Waals surface area contributed by atoms with Crippen LogP contribution in [0.1, 0.15) is 103 Å². The summed E-state index contributed by atoms with van der Waals surface area (Å²) in [4.78, 5) is 43.8. The number of nitrogens with one attached hydrogen (secondary N) is 1. The lowest BCUT2D eigenvalue weighted by Crippen LogP contribution is -2.34. The summed E-state index contributed by atoms with van der Waals surface area (Å²) in [6.07, 6.45) is 11.3. The van der Waals surface area contributed by atoms with Gasteiger partial charge in [-0.15, -0.1) is 0 Å². The van der Waals surface area contributed by atoms with Gasteiger partial charge in [-0.05, 0) is 93.9 Å². The summed E-state index contributed by atoms with van der Waals surface area (Å²) in [6, 6.07) is 10.2. The molecule has 9 heteroatoms. The number of carbonyl (C=O) groups excluding carboxylic acids is 3. The summed E-state index contributed by atoms with van der Waals surface area (Å²) in [5.74, 6) is 0.208. The summed E-state index contributed by atoms with van der Waals surface area (Å²) in [5.41, 5.74) is 3.17. The molecule has 3 aromatic rings. The van der Waals surface area contributed by atoms with Crippen molar-refractivity contribution in [2.24, 2.45) is 11.8 Å². The Labute approximate surface area is 267 Å². The van der Waals surface area contributed by atoms with Gasteiger partial charge in [-0.1, -0.05) is 46.3 Å². The Hall–Kier alpha value is -3.98. The lowest BCUT2D eigenvalue weighted by atomic mass is 10.1. The minimum atomic E-state index is -0.408. The average Bonchev–Trinajstić information content (AvgIpc) is 3.39. The van der Waals surface area contributed by atoms with Crippen LogP contribution in [-0.2, 0) is 4.74 Å². The normalized spacial score (nSPS) is 14.0. The van der Waals surface area contributed by atoms with Gasteiger partial charge < -0.3 is 15.0 Å². The van der Waals surface area contributed by atoms with Gasteiger partial charge in [0, 0.05) is 42.6 Å². The number of piperidine rings is 1. The second-order valence-corrected chi connectivity index (χ2v) is 12.7. The van der Waals surface area contributed by atoms with Crippen LogP contribution in [-0.4, -0.2) is 76.5 Å². The van der Waals surface area contributed by atoms with Gasteiger partial charge in [0.15, 0.2) is 5.69 Å². The number of fused-ring (bicyclic) bond motifs is 1. The molecule has 0 bridgehead atoms. The van der Waals surface area contributed by atoms with Gasteiger partial charge in [0.05, 0.1) is 17.7 Å². The van der Waals surface area contributed by atoms with Gasteiger partial charge in [0.2, 0.25) is 0 Å². The number of hydrogen-bond acceptors (Lipinski definition) is 6. The van der Waals surface area contributed by atoms with Gasteiger partial charge in [-0.2, -0.15) is 5.10 Å². The van der Waals surface area contributed by atoms with E-state index >= 15 is 0 Å². The maximum atomic E-state index is 13.8. The zero-order valence-corrected chi connectivity index (χ0v) is 27.6. The number of esters is 1. The number of pyridine rings is 1. The van der Waals surface area contributed by atoms with Gasteiger partial charge in [-0.25, -0.2) is 9.31 Å². The van der Waals surface area contributed by atoms with E-state index in [-0.39, 0.29) is 17.5 Å². The highest BCUT2D eigenvalue weighted by Gasteiger charge is 2.22. The van der Waals surface area contributed by atoms with Crippen LogP contribution in [0, 0.1) is 11.8 Å². The predicted octanol–water partition coefficient (Wildman–Crippen LogP) is 6.80. The molecule has 0 unspecified atom stereocenters. The second kappa shape index (κ2) is 16.4. The number of benzene rings is 1. The Morgan fingerprint density at radius 1 is 0.956 bits per heavy atom. The molecule has 2 amide bonds. The average molecular weight is 616 g/mol. The van der Waals surface area contributed by atoms with E-state index in [4.69, 9.17) is 4.74 Å². The first-order chi connectivity index (χ1) is 21.7. The van der Waals surface area contributed by atoms with E-state index in [1.807, 2.05) is 17.0 Å². The highest BCUT2D eigenvalue weighted by atomic mass is 16.5. The third-order valence-corrected chi connectivity index (χ3v) is 8.13. The van der Waals surface area contributed by atoms with Crippen molar-refractivity contribution in [3.8, 4) is 0 Å². The standard InChI is InChI=1S/C36H49N5O4/c1-6-45-36(44)28-12-14-30(15-13-28)37-34(42)33-31(11-10-21-39-19-8-7-9-20-39)32-25-29(18-24-41(32)38-33)35(43)40(22-16-26(2)3)23-17-27(4)5/h10-15,18,24-27H,6-9,16-17,19-23H2,1-5H3,(H,37,42). The number of amides is 2. The molecular weight excluding hydrogens is 566 g/mol. The van der Waals surface area contributed by atoms with Crippen LogP contribution in [0.25, 0.3) is 11.6 Å². The summed E-state index contributed by atoms with van der Waals surface area (Å²) >= 11 is 0. The van der Waals surface area contributed by atoms with Crippen LogP contribution in [0.5, 0.6) is 0 Å². The number of anilines is 1. The summed E-state index contributed by atoms with van der Waals surface area (Å²) in [5, 5.41) is 7.57. The Kier molecular flexibility index (Phi) is 12.3. The van der Waals surface area contributed by atoms with Crippen molar-refractivity contribution in [1.82, 2.24) is 19.4 Å². The molecule has 45 heavy (non-hydrogen) atoms. The summed E-state index contributed by atoms with van der Waals surface area (Å²) in [6.45, 7) is 15.1. The SMILES string of the molecule is CCOC(=O)c1ccc(NC(=O)c2nn3ccc(C(=O)N(CCC(C)C)CCC(C)C)cc3c2C=CCN2CCCCC2)cc1. The number of nitrogens with zero attached hydrogens (tertiary/aromatic N) is 4. The third-order valence-electron chi connectivity index (χ3n) is 8.13. The molecule has 1 aliphatic heterocycles. The fourth-order valence-corrected chi connectivity index (χ4v) is 5.41. The number of ether oxygens (including phenoxy) is 1. The topological polar surface area (TPSA) is 96.2 Å². The molecule has 1 aromatic carbocycles. The third kappa shape index (κ3) is 9.50. The maximum Gasteiger partial charge on any atom is 0.338 e. The van der Waals surface area contributed by atoms with Crippen molar-refractivity contribution in [3.63, 3.8) is 0 Å². The van der Waals surface area contributed by atoms with Gasteiger partial charge >= 0.3 is 5.97 Å². The molecular formula is C36H49N5O4. The fourth-order valence-electron chi connectivity index (χ4n) is 5.41. The summed E-state index contributed by atoms with van der Waals surface area (Å²) < 4.78 is 6.73. The van der Waals surface area contributed by atoms with E-state index in [0.717, 1.165) is 32.5 Å². The monoisotopic (exact) mass is 615 g/mol. The molecule has 0 radical (unpaired) electrons. The first-order valence-electron chi connectivity index (χ1n) is 16.4. The van der Waals surface area contributed by atoms with Crippen molar-refractivity contribution in [3.05, 3.63) is 71.1 Å². The molecule has 0 aliphatic carbocycles. The molecule has 1 aliphatic rings. The quantitative estimate of drug-likeness (QED) is 0.201. The smallest absolute Gasteiger partial charge is 0.338 e. The minimum Gasteiger partial charge on any atom is -0.462 e. The molecule has 1 fully saturated rings. The number of rotatable bonds is 14. The second-order valence-electron chi connectivity index (χ2n) is 12.7. The number of carbonyl (C=O) groups is 3. The van der Waals surface area contributed by atoms with Crippen LogP contribution in [0.3, 0.4) is 0 Å². The maximum absolute atomic E-state index is 13.8. The lowest BCUT2D eigenvalue weighted by Gasteiger charge is -2.25. The zero-order valence-electron chi connectivity index (χ0n) is 27.6. The largest absolute Gasteiger partial charge is 0.462 e. The number of hydrogen-bond donors (Lipinski definition) is 1. The molecule has 4 rings (SSSR count). The van der Waals surface area contributed by atoms with Crippen molar-refractivity contribution >= 4 is 35.1 Å². The van der Waals surface area contributed by atoms with E-state index in [2.05, 4.69) is 49.1 Å². The van der Waals surface area contributed by atoms with Crippen molar-refractivity contribution in [1.29, 1.82) is 0 Å². The zero-order chi connectivity index (χ0) is 32.3. The van der Waals surface area contributed by atoms with Gasteiger partial charge in [0.1, 0.15) is 0 Å². The molecule has 242 valence electrons. The van der Waals surface area contributed by atoms with Gasteiger partial charge in [0.25, 0.3) is 11.8 Å². The Balaban J connectivity index is 1.64. The van der Waals surface area contributed by atoms with Crippen LogP contribution in [0.2, 0.25) is 0 Å². The Morgan fingerprint density at radius 3 is 2.24 bits per heavy atom. The first-order valence-corrected chi connectivity index (χ1v) is 16.4. The van der Waals surface area contributed by atoms with Crippen LogP contribution < -0.4 is 5.32 Å². The summed E-state index contributed by atoms with van der Waals surface area (Å²) in [7, 11) is 0. The van der Waals surface area contributed by atoms with Gasteiger partial charge in [-0.3, -0.25) is 14.5 Å². The van der Waals surface area contributed by atoms with Crippen molar-refractivity contribution < 1.29 is 19.1 Å². The van der Waals surface area contributed by atoms with E-state index in [9.17, 15) is 14.4 Å². The van der Waals surface area contributed by atoms with Crippen LogP contribution >= 0.6 is 0 Å². The molecule has 2 aromatic heterocycles. The first kappa shape index (κ1) is 33.9. The molecule has 3 heterocycles. The molecule has 0 atom stereocenters. The molecule has 9 nitrogen and oxygen atoms in total. The molecule has 0 spiro atoms. The number of likely N-dealkylation sites (tertiary alicyclic amines) is 1. The highest BCUT2D eigenvalue weighted by Crippen LogP contribution is 2.23. The Bertz CT molecular complexity index is 1460. The van der Waals surface area contributed by atoms with Crippen LogP contribution in [0.4, 0.5) is 5.69 Å².